The van der Waals surface area contributed by atoms with Gasteiger partial charge < -0.3 is 0 Å². The molecule has 0 nitrogen and oxygen atoms in total. The van der Waals surface area contributed by atoms with Crippen LogP contribution < -0.4 is 0 Å². The standard InChI is InChI=1S/C7H2BrF11/c1-2(8)3(9,10)4(11,12)5(13,14)6(15,16)7(17,18)19/h1H2. The first kappa shape index (κ1) is 18.4. The Labute approximate surface area is 106 Å². The lowest BCUT2D eigenvalue weighted by molar-refractivity contribution is -0.417. The average Bonchev–Trinajstić information content (AvgIpc) is 2.14. The number of alkyl halides is 11. The molecule has 0 N–H and O–H groups in total. The van der Waals surface area contributed by atoms with Gasteiger partial charge in [-0.05, 0) is 15.9 Å². The first-order valence-electron chi connectivity index (χ1n) is 3.87. The second-order valence-corrected chi connectivity index (χ2v) is 4.16. The van der Waals surface area contributed by atoms with Crippen LogP contribution in [0.3, 0.4) is 0 Å². The lowest BCUT2D eigenvalue weighted by atomic mass is 9.98. The summed E-state index contributed by atoms with van der Waals surface area (Å²) in [5, 5.41) is 0. The molecule has 0 unspecified atom stereocenters. The van der Waals surface area contributed by atoms with Crippen LogP contribution in [0.5, 0.6) is 0 Å². The van der Waals surface area contributed by atoms with Gasteiger partial charge in [-0.15, -0.1) is 0 Å². The minimum Gasteiger partial charge on any atom is -0.193 e. The molecule has 19 heavy (non-hydrogen) atoms. The van der Waals surface area contributed by atoms with E-state index in [1.807, 2.05) is 0 Å². The van der Waals surface area contributed by atoms with Gasteiger partial charge in [0.2, 0.25) is 0 Å². The van der Waals surface area contributed by atoms with Crippen LogP contribution in [0, 0.1) is 0 Å². The molecule has 0 heterocycles. The number of hydrogen-bond acceptors (Lipinski definition) is 0. The van der Waals surface area contributed by atoms with Gasteiger partial charge in [-0.1, -0.05) is 6.58 Å². The molecule has 0 aliphatic carbocycles. The molecule has 0 aliphatic rings. The molecule has 0 saturated heterocycles. The van der Waals surface area contributed by atoms with Gasteiger partial charge in [0, 0.05) is 0 Å². The van der Waals surface area contributed by atoms with Crippen molar-refractivity contribution in [1.29, 1.82) is 0 Å². The Hall–Kier alpha value is -0.550. The first-order chi connectivity index (χ1) is 7.94. The second-order valence-electron chi connectivity index (χ2n) is 3.20. The lowest BCUT2D eigenvalue weighted by Crippen LogP contribution is -2.66. The fourth-order valence-corrected chi connectivity index (χ4v) is 0.992. The van der Waals surface area contributed by atoms with Crippen LogP contribution in [0.2, 0.25) is 0 Å². The lowest BCUT2D eigenvalue weighted by Gasteiger charge is -2.36. The van der Waals surface area contributed by atoms with Gasteiger partial charge in [0.15, 0.2) is 0 Å². The fraction of sp³-hybridized carbons (Fsp3) is 0.714. The summed E-state index contributed by atoms with van der Waals surface area (Å²) in [6, 6.07) is 0. The van der Waals surface area contributed by atoms with Crippen molar-refractivity contribution in [2.45, 2.75) is 29.9 Å². The maximum absolute atomic E-state index is 12.7. The van der Waals surface area contributed by atoms with Crippen molar-refractivity contribution in [3.63, 3.8) is 0 Å². The van der Waals surface area contributed by atoms with E-state index in [1.165, 1.54) is 0 Å². The maximum atomic E-state index is 12.7. The highest BCUT2D eigenvalue weighted by Gasteiger charge is 2.87. The van der Waals surface area contributed by atoms with Crippen molar-refractivity contribution in [3.05, 3.63) is 11.1 Å². The summed E-state index contributed by atoms with van der Waals surface area (Å²) < 4.78 is 133. The number of rotatable bonds is 4. The van der Waals surface area contributed by atoms with Gasteiger partial charge in [0.1, 0.15) is 0 Å². The van der Waals surface area contributed by atoms with Crippen LogP contribution in [0.25, 0.3) is 0 Å². The highest BCUT2D eigenvalue weighted by atomic mass is 79.9. The molecule has 0 bridgehead atoms. The van der Waals surface area contributed by atoms with Crippen molar-refractivity contribution in [1.82, 2.24) is 0 Å². The molecule has 12 heteroatoms. The van der Waals surface area contributed by atoms with Gasteiger partial charge in [0.05, 0.1) is 4.48 Å². The number of halogens is 12. The summed E-state index contributed by atoms with van der Waals surface area (Å²) >= 11 is 1.56. The molecule has 0 spiro atoms. The van der Waals surface area contributed by atoms with E-state index in [4.69, 9.17) is 0 Å². The molecule has 0 radical (unpaired) electrons. The Kier molecular flexibility index (Phi) is 4.35. The summed E-state index contributed by atoms with van der Waals surface area (Å²) in [4.78, 5) is 0. The van der Waals surface area contributed by atoms with E-state index in [2.05, 4.69) is 6.58 Å². The molecule has 0 amide bonds. The van der Waals surface area contributed by atoms with Crippen LogP contribution in [-0.2, 0) is 0 Å². The average molecular weight is 375 g/mol. The largest absolute Gasteiger partial charge is 0.460 e. The molecular formula is C7H2BrF11. The van der Waals surface area contributed by atoms with Gasteiger partial charge >= 0.3 is 29.9 Å². The maximum Gasteiger partial charge on any atom is 0.460 e. The van der Waals surface area contributed by atoms with E-state index in [-0.39, 0.29) is 0 Å². The molecule has 0 aromatic rings. The smallest absolute Gasteiger partial charge is 0.193 e. The molecule has 0 aliphatic heterocycles. The zero-order chi connectivity index (χ0) is 16.1. The van der Waals surface area contributed by atoms with Gasteiger partial charge in [0.25, 0.3) is 0 Å². The number of allylic oxidation sites excluding steroid dienone is 1. The Morgan fingerprint density at radius 2 is 0.947 bits per heavy atom. The highest BCUT2D eigenvalue weighted by Crippen LogP contribution is 2.58. The predicted octanol–water partition coefficient (Wildman–Crippen LogP) is 5.00. The molecule has 0 fully saturated rings. The van der Waals surface area contributed by atoms with Crippen molar-refractivity contribution in [3.8, 4) is 0 Å². The zero-order valence-corrected chi connectivity index (χ0v) is 9.83. The highest BCUT2D eigenvalue weighted by molar-refractivity contribution is 9.11. The van der Waals surface area contributed by atoms with E-state index in [0.29, 0.717) is 0 Å². The Balaban J connectivity index is 5.99. The van der Waals surface area contributed by atoms with E-state index in [9.17, 15) is 48.3 Å². The van der Waals surface area contributed by atoms with Crippen molar-refractivity contribution in [2.24, 2.45) is 0 Å². The third-order valence-corrected chi connectivity index (χ3v) is 2.38. The molecule has 0 rings (SSSR count). The number of hydrogen-bond donors (Lipinski definition) is 0. The molecular weight excluding hydrogens is 373 g/mol. The van der Waals surface area contributed by atoms with E-state index >= 15 is 0 Å². The Bertz CT molecular complexity index is 366. The molecule has 0 aromatic heterocycles. The van der Waals surface area contributed by atoms with Gasteiger partial charge in [-0.25, -0.2) is 0 Å². The van der Waals surface area contributed by atoms with E-state index < -0.39 is 34.3 Å². The van der Waals surface area contributed by atoms with E-state index in [1.54, 1.807) is 15.9 Å². The summed E-state index contributed by atoms with van der Waals surface area (Å²) in [7, 11) is 0. The van der Waals surface area contributed by atoms with Crippen molar-refractivity contribution < 1.29 is 48.3 Å². The second kappa shape index (κ2) is 4.48. The summed E-state index contributed by atoms with van der Waals surface area (Å²) in [5.74, 6) is -27.8. The Morgan fingerprint density at radius 1 is 0.632 bits per heavy atom. The molecule has 0 atom stereocenters. The van der Waals surface area contributed by atoms with Gasteiger partial charge in [-0.3, -0.25) is 0 Å². The molecule has 114 valence electrons. The van der Waals surface area contributed by atoms with Crippen LogP contribution in [-0.4, -0.2) is 29.9 Å². The van der Waals surface area contributed by atoms with Crippen molar-refractivity contribution >= 4 is 15.9 Å². The molecule has 0 aromatic carbocycles. The zero-order valence-electron chi connectivity index (χ0n) is 8.24. The first-order valence-corrected chi connectivity index (χ1v) is 4.66. The fourth-order valence-electron chi connectivity index (χ4n) is 0.743. The summed E-state index contributed by atoms with van der Waals surface area (Å²) in [6.45, 7) is 2.08. The minimum atomic E-state index is -7.39. The third kappa shape index (κ3) is 2.42. The van der Waals surface area contributed by atoms with Crippen LogP contribution >= 0.6 is 15.9 Å². The summed E-state index contributed by atoms with van der Waals surface area (Å²) in [5.41, 5.74) is 0. The minimum absolute atomic E-state index is 1.56. The van der Waals surface area contributed by atoms with Gasteiger partial charge in [-0.2, -0.15) is 48.3 Å². The summed E-state index contributed by atoms with van der Waals surface area (Å²) in [6.07, 6.45) is -7.15. The van der Waals surface area contributed by atoms with Crippen molar-refractivity contribution in [2.75, 3.05) is 0 Å². The Morgan fingerprint density at radius 3 is 1.16 bits per heavy atom. The normalized spacial score (nSPS) is 15.6. The third-order valence-electron chi connectivity index (χ3n) is 1.88. The topological polar surface area (TPSA) is 0 Å². The van der Waals surface area contributed by atoms with Crippen LogP contribution in [0.1, 0.15) is 0 Å². The molecule has 0 saturated carbocycles. The SMILES string of the molecule is C=C(Br)C(F)(F)C(F)(F)C(F)(F)C(F)(F)C(F)(F)F. The van der Waals surface area contributed by atoms with Crippen LogP contribution in [0.4, 0.5) is 48.3 Å². The van der Waals surface area contributed by atoms with E-state index in [0.717, 1.165) is 0 Å². The monoisotopic (exact) mass is 374 g/mol. The predicted molar refractivity (Wildman–Crippen MR) is 43.9 cm³/mol. The quantitative estimate of drug-likeness (QED) is 0.607. The van der Waals surface area contributed by atoms with Crippen LogP contribution in [0.15, 0.2) is 11.1 Å².